The van der Waals surface area contributed by atoms with Crippen molar-refractivity contribution < 1.29 is 37.9 Å². The second-order valence-electron chi connectivity index (χ2n) is 8.48. The van der Waals surface area contributed by atoms with E-state index >= 15 is 0 Å². The maximum absolute atomic E-state index is 13.2. The minimum absolute atomic E-state index is 0.000951. The first-order valence-corrected chi connectivity index (χ1v) is 11.4. The van der Waals surface area contributed by atoms with E-state index in [1.54, 1.807) is 45.0 Å². The Balaban J connectivity index is 1.61. The molecule has 3 heterocycles. The molecule has 0 unspecified atom stereocenters. The zero-order chi connectivity index (χ0) is 26.0. The van der Waals surface area contributed by atoms with E-state index in [0.29, 0.717) is 0 Å². The minimum atomic E-state index is -1.22. The van der Waals surface area contributed by atoms with E-state index in [1.165, 1.54) is 18.4 Å². The van der Waals surface area contributed by atoms with Gasteiger partial charge < -0.3 is 24.5 Å². The Morgan fingerprint density at radius 3 is 2.25 bits per heavy atom. The number of imide groups is 1. The number of hydrogen-bond donors (Lipinski definition) is 2. The Labute approximate surface area is 206 Å². The van der Waals surface area contributed by atoms with Crippen LogP contribution in [0, 0.1) is 5.92 Å². The summed E-state index contributed by atoms with van der Waals surface area (Å²) in [7, 11) is 0. The van der Waals surface area contributed by atoms with Crippen molar-refractivity contribution in [3.05, 3.63) is 70.8 Å². The lowest BCUT2D eigenvalue weighted by Gasteiger charge is -2.30. The van der Waals surface area contributed by atoms with Crippen LogP contribution in [-0.2, 0) is 19.1 Å². The number of fused-ring (bicyclic) bond motifs is 1. The molecule has 2 aliphatic heterocycles. The summed E-state index contributed by atoms with van der Waals surface area (Å²) in [5, 5.41) is 5.08. The van der Waals surface area contributed by atoms with Gasteiger partial charge >= 0.3 is 18.0 Å². The van der Waals surface area contributed by atoms with Crippen LogP contribution in [0.4, 0.5) is 4.79 Å². The molecule has 1 aromatic carbocycles. The third kappa shape index (κ3) is 4.47. The number of rotatable bonds is 8. The van der Waals surface area contributed by atoms with Crippen molar-refractivity contribution in [1.82, 2.24) is 15.5 Å². The van der Waals surface area contributed by atoms with Gasteiger partial charge in [-0.2, -0.15) is 0 Å². The third-order valence-electron chi connectivity index (χ3n) is 5.81. The molecule has 2 aliphatic rings. The molecule has 11 heteroatoms. The summed E-state index contributed by atoms with van der Waals surface area (Å²) in [5.41, 5.74) is 0.415. The fourth-order valence-corrected chi connectivity index (χ4v) is 4.22. The number of ether oxygens (including phenoxy) is 2. The predicted octanol–water partition coefficient (Wildman–Crippen LogP) is 2.31. The zero-order valence-electron chi connectivity index (χ0n) is 19.9. The third-order valence-corrected chi connectivity index (χ3v) is 5.81. The van der Waals surface area contributed by atoms with Crippen LogP contribution in [0.3, 0.4) is 0 Å². The second-order valence-corrected chi connectivity index (χ2v) is 8.48. The monoisotopic (exact) mass is 495 g/mol. The summed E-state index contributed by atoms with van der Waals surface area (Å²) in [5.74, 6) is -2.98. The lowest BCUT2D eigenvalue weighted by Crippen LogP contribution is -2.50. The van der Waals surface area contributed by atoms with Gasteiger partial charge in [-0.25, -0.2) is 14.4 Å². The predicted molar refractivity (Wildman–Crippen MR) is 123 cm³/mol. The molecule has 36 heavy (non-hydrogen) atoms. The molecule has 0 saturated heterocycles. The summed E-state index contributed by atoms with van der Waals surface area (Å²) in [6.45, 7) is 4.55. The highest BCUT2D eigenvalue weighted by Gasteiger charge is 2.45. The van der Waals surface area contributed by atoms with E-state index < -0.39 is 54.4 Å². The van der Waals surface area contributed by atoms with Gasteiger partial charge in [-0.3, -0.25) is 14.5 Å². The largest absolute Gasteiger partial charge is 0.467 e. The van der Waals surface area contributed by atoms with Crippen molar-refractivity contribution in [1.29, 1.82) is 0 Å². The molecule has 2 aromatic rings. The normalized spacial score (nSPS) is 18.1. The van der Waals surface area contributed by atoms with E-state index in [2.05, 4.69) is 10.6 Å². The molecule has 4 amide bonds. The first-order chi connectivity index (χ1) is 17.2. The van der Waals surface area contributed by atoms with E-state index in [9.17, 15) is 24.0 Å². The molecule has 188 valence electrons. The molecule has 0 saturated carbocycles. The molecule has 4 rings (SSSR count). The number of hydrogen-bond acceptors (Lipinski definition) is 8. The molecular formula is C25H25N3O8. The van der Waals surface area contributed by atoms with E-state index in [-0.39, 0.29) is 34.8 Å². The van der Waals surface area contributed by atoms with Crippen molar-refractivity contribution in [2.24, 2.45) is 5.92 Å². The summed E-state index contributed by atoms with van der Waals surface area (Å²) in [4.78, 5) is 65.1. The lowest BCUT2D eigenvalue weighted by atomic mass is 10.00. The summed E-state index contributed by atoms with van der Waals surface area (Å²) < 4.78 is 16.0. The molecule has 11 nitrogen and oxygen atoms in total. The van der Waals surface area contributed by atoms with Gasteiger partial charge in [0.1, 0.15) is 24.5 Å². The van der Waals surface area contributed by atoms with E-state index in [4.69, 9.17) is 13.9 Å². The quantitative estimate of drug-likeness (QED) is 0.419. The number of amides is 4. The number of nitrogens with one attached hydrogen (secondary N) is 2. The molecule has 0 bridgehead atoms. The van der Waals surface area contributed by atoms with E-state index in [0.717, 1.165) is 4.90 Å². The summed E-state index contributed by atoms with van der Waals surface area (Å²) in [6, 6.07) is 6.65. The topological polar surface area (TPSA) is 144 Å². The smallest absolute Gasteiger partial charge is 0.338 e. The van der Waals surface area contributed by atoms with Crippen LogP contribution in [-0.4, -0.2) is 53.9 Å². The van der Waals surface area contributed by atoms with Crippen molar-refractivity contribution in [2.75, 3.05) is 13.2 Å². The van der Waals surface area contributed by atoms with Crippen LogP contribution in [0.2, 0.25) is 0 Å². The molecular weight excluding hydrogens is 470 g/mol. The van der Waals surface area contributed by atoms with Gasteiger partial charge in [0.25, 0.3) is 11.8 Å². The Kier molecular flexibility index (Phi) is 6.91. The standard InChI is InChI=1S/C25H25N3O8/c1-4-34-23(31)18-16(26-25(33)27-19(18)17-10-7-11-35-17)12-36-24(32)20(13(2)3)28-21(29)14-8-5-6-9-15(14)22(28)30/h5-11,13,19-20H,4,12H2,1-3H3,(H2,26,27,33)/t19-,20+/m0/s1. The Morgan fingerprint density at radius 2 is 1.69 bits per heavy atom. The van der Waals surface area contributed by atoms with Crippen LogP contribution in [0.1, 0.15) is 53.3 Å². The maximum atomic E-state index is 13.2. The van der Waals surface area contributed by atoms with Crippen LogP contribution < -0.4 is 10.6 Å². The van der Waals surface area contributed by atoms with Crippen LogP contribution >= 0.6 is 0 Å². The number of urea groups is 1. The van der Waals surface area contributed by atoms with Gasteiger partial charge in [0.2, 0.25) is 0 Å². The molecule has 0 aliphatic carbocycles. The molecule has 2 atom stereocenters. The van der Waals surface area contributed by atoms with Crippen LogP contribution in [0.15, 0.2) is 58.3 Å². The molecule has 0 fully saturated rings. The van der Waals surface area contributed by atoms with E-state index in [1.807, 2.05) is 0 Å². The SMILES string of the molecule is CCOC(=O)C1=C(COC(=O)[C@@H](C(C)C)N2C(=O)c3ccccc3C2=O)NC(=O)N[C@H]1c1ccco1. The number of benzene rings is 1. The minimum Gasteiger partial charge on any atom is -0.467 e. The van der Waals surface area contributed by atoms with Gasteiger partial charge in [-0.1, -0.05) is 26.0 Å². The highest BCUT2D eigenvalue weighted by molar-refractivity contribution is 6.22. The number of furan rings is 1. The number of carbonyl (C=O) groups excluding carboxylic acids is 5. The number of esters is 2. The first-order valence-electron chi connectivity index (χ1n) is 11.4. The van der Waals surface area contributed by atoms with Gasteiger partial charge in [-0.05, 0) is 37.1 Å². The van der Waals surface area contributed by atoms with Crippen molar-refractivity contribution in [3.63, 3.8) is 0 Å². The Hall–Kier alpha value is -4.41. The summed E-state index contributed by atoms with van der Waals surface area (Å²) >= 11 is 0. The molecule has 0 spiro atoms. The first kappa shape index (κ1) is 24.7. The fraction of sp³-hybridized carbons (Fsp3) is 0.320. The van der Waals surface area contributed by atoms with Crippen molar-refractivity contribution >= 4 is 29.8 Å². The van der Waals surface area contributed by atoms with Gasteiger partial charge in [-0.15, -0.1) is 0 Å². The second kappa shape index (κ2) is 10.1. The average Bonchev–Trinajstić information content (AvgIpc) is 3.46. The van der Waals surface area contributed by atoms with Crippen molar-refractivity contribution in [2.45, 2.75) is 32.9 Å². The number of nitrogens with zero attached hydrogens (tertiary/aromatic N) is 1. The van der Waals surface area contributed by atoms with Gasteiger partial charge in [0.15, 0.2) is 0 Å². The van der Waals surface area contributed by atoms with Crippen molar-refractivity contribution in [3.8, 4) is 0 Å². The highest BCUT2D eigenvalue weighted by Crippen LogP contribution is 2.30. The molecule has 0 radical (unpaired) electrons. The zero-order valence-corrected chi connectivity index (χ0v) is 19.9. The number of carbonyl (C=O) groups is 5. The fourth-order valence-electron chi connectivity index (χ4n) is 4.22. The van der Waals surface area contributed by atoms with Crippen LogP contribution in [0.5, 0.6) is 0 Å². The highest BCUT2D eigenvalue weighted by atomic mass is 16.5. The summed E-state index contributed by atoms with van der Waals surface area (Å²) in [6.07, 6.45) is 1.39. The Bertz CT molecular complexity index is 1210. The Morgan fingerprint density at radius 1 is 1.03 bits per heavy atom. The average molecular weight is 495 g/mol. The molecule has 2 N–H and O–H groups in total. The lowest BCUT2D eigenvalue weighted by molar-refractivity contribution is -0.149. The van der Waals surface area contributed by atoms with Gasteiger partial charge in [0.05, 0.1) is 35.3 Å². The molecule has 1 aromatic heterocycles. The van der Waals surface area contributed by atoms with Crippen LogP contribution in [0.25, 0.3) is 0 Å². The maximum Gasteiger partial charge on any atom is 0.338 e. The van der Waals surface area contributed by atoms with Gasteiger partial charge in [0, 0.05) is 0 Å².